The van der Waals surface area contributed by atoms with Crippen LogP contribution in [-0.4, -0.2) is 272 Å². The lowest BCUT2D eigenvalue weighted by atomic mass is 9.73. The van der Waals surface area contributed by atoms with Crippen molar-refractivity contribution in [2.75, 3.05) is 0 Å². The molecule has 10 fully saturated rings. The minimum Gasteiger partial charge on any atom is -0.379 e. The molecular formula is C96H176O32. The average Bonchev–Trinajstić information content (AvgIpc) is 1.44. The molecule has 0 aromatic heterocycles. The highest BCUT2D eigenvalue weighted by Crippen LogP contribution is 2.66. The van der Waals surface area contributed by atoms with Crippen LogP contribution in [0, 0.1) is 43.3 Å². The van der Waals surface area contributed by atoms with Crippen LogP contribution in [0.4, 0.5) is 0 Å². The van der Waals surface area contributed by atoms with Gasteiger partial charge >= 0.3 is 0 Å². The van der Waals surface area contributed by atoms with Gasteiger partial charge in [-0.2, -0.15) is 0 Å². The van der Waals surface area contributed by atoms with E-state index in [1.807, 2.05) is 0 Å². The van der Waals surface area contributed by atoms with Crippen LogP contribution in [0.15, 0.2) is 0 Å². The molecule has 0 radical (unpaired) electrons. The predicted molar refractivity (Wildman–Crippen MR) is 483 cm³/mol. The maximum Gasteiger partial charge on any atom is 0.188 e. The van der Waals surface area contributed by atoms with Crippen molar-refractivity contribution in [2.45, 2.75) is 490 Å². The Morgan fingerprint density at radius 2 is 0.227 bits per heavy atom. The zero-order chi connectivity index (χ0) is 103. The molecule has 2 saturated heterocycles. The van der Waals surface area contributed by atoms with Crippen molar-refractivity contribution in [1.29, 1.82) is 0 Å². The first kappa shape index (κ1) is 130. The molecule has 8 aliphatic carbocycles. The minimum atomic E-state index is -1.85. The summed E-state index contributed by atoms with van der Waals surface area (Å²) in [7, 11) is 0. The molecule has 4 spiro atoms. The molecular weight excluding hydrogens is 1670 g/mol. The number of aliphatic hydroxyl groups is 16. The van der Waals surface area contributed by atoms with Crippen molar-refractivity contribution >= 4 is 75.4 Å². The predicted octanol–water partition coefficient (Wildman–Crippen LogP) is 9.29. The van der Waals surface area contributed by atoms with Crippen LogP contribution in [0.1, 0.15) is 376 Å². The number of aldehydes is 12. The van der Waals surface area contributed by atoms with Crippen LogP contribution in [0.25, 0.3) is 0 Å². The molecule has 6 unspecified atom stereocenters. The number of carbonyl (C=O) groups is 12. The number of aliphatic hydroxyl groups excluding tert-OH is 4. The molecule has 0 amide bonds. The molecule has 32 heteroatoms. The summed E-state index contributed by atoms with van der Waals surface area (Å²) in [4.78, 5) is 124. The lowest BCUT2D eigenvalue weighted by Gasteiger charge is -2.67. The number of hydrogen-bond acceptors (Lipinski definition) is 32. The smallest absolute Gasteiger partial charge is 0.188 e. The maximum absolute atomic E-state index is 10.7. The van der Waals surface area contributed by atoms with E-state index in [-0.39, 0.29) is 152 Å². The Kier molecular flexibility index (Phi) is 49.7. The second-order valence-corrected chi connectivity index (χ2v) is 48.8. The Morgan fingerprint density at radius 1 is 0.164 bits per heavy atom. The summed E-state index contributed by atoms with van der Waals surface area (Å²) in [6.45, 7) is 70.0. The maximum atomic E-state index is 10.7. The molecule has 10 aliphatic rings. The summed E-state index contributed by atoms with van der Waals surface area (Å²) in [5.74, 6) is 0. The molecule has 20 atom stereocenters. The molecule has 32 nitrogen and oxygen atoms in total. The van der Waals surface area contributed by atoms with Crippen molar-refractivity contribution in [3.05, 3.63) is 0 Å². The van der Waals surface area contributed by atoms with E-state index >= 15 is 0 Å². The van der Waals surface area contributed by atoms with E-state index in [9.17, 15) is 139 Å². The fourth-order valence-electron chi connectivity index (χ4n) is 13.7. The Morgan fingerprint density at radius 3 is 0.289 bits per heavy atom. The number of carbonyl (C=O) groups excluding carboxylic acids is 12. The fourth-order valence-corrected chi connectivity index (χ4v) is 13.7. The van der Waals surface area contributed by atoms with Crippen LogP contribution < -0.4 is 0 Å². The third-order valence-corrected chi connectivity index (χ3v) is 20.0. The first-order valence-corrected chi connectivity index (χ1v) is 44.6. The third kappa shape index (κ3) is 39.3. The van der Waals surface area contributed by atoms with E-state index in [1.165, 1.54) is 0 Å². The number of fused-ring (bicyclic) bond motifs is 2. The van der Waals surface area contributed by atoms with Crippen LogP contribution in [0.3, 0.4) is 0 Å². The minimum absolute atomic E-state index is 0.158. The topological polar surface area (TPSA) is 565 Å². The quantitative estimate of drug-likeness (QED) is 0.0809. The van der Waals surface area contributed by atoms with Crippen molar-refractivity contribution in [1.82, 2.24) is 0 Å². The van der Waals surface area contributed by atoms with Crippen molar-refractivity contribution in [3.8, 4) is 0 Å². The monoisotopic (exact) mass is 1840 g/mol. The average molecular weight is 1840 g/mol. The van der Waals surface area contributed by atoms with E-state index in [1.54, 1.807) is 0 Å². The molecule has 0 aromatic carbocycles. The van der Waals surface area contributed by atoms with Gasteiger partial charge in [0.15, 0.2) is 190 Å². The van der Waals surface area contributed by atoms with Gasteiger partial charge in [0.2, 0.25) is 0 Å². The van der Waals surface area contributed by atoms with Gasteiger partial charge in [-0.3, -0.25) is 0 Å². The van der Waals surface area contributed by atoms with Gasteiger partial charge in [-0.15, -0.1) is 0 Å². The SMILES string of the molecule is CC(C)(C)C.CC(C)(C)C.CC(C)(C)C.CC(C)(C)C.CC(C)(C)C.CC(C)(C)C.CC(C)(C)C.CC(C)(C)C.O=CC1(O)CCC[C@@]1(O)C=O.O=CC1(O)CCC[C@@]1(O)C=O.O=C[C@@]1(O)CCC[C@]1(O)C=O.O=C[C@@]1(O)CCC[C@]1(O)C=O.O=C[C@@]1(O)CCC[C@]1(O)C=O.O=C[C@@]1(O)CCC[C@]1(O)C=O.OC1OC23CCC[C@]24O[C@@H](O)[C@@]2(CCCC12OC3O)O[C@@H]4O. The first-order valence-electron chi connectivity index (χ1n) is 44.6. The van der Waals surface area contributed by atoms with Crippen LogP contribution in [0.5, 0.6) is 0 Å². The molecule has 16 N–H and O–H groups in total. The lowest BCUT2D eigenvalue weighted by Crippen LogP contribution is -2.86. The van der Waals surface area contributed by atoms with Gasteiger partial charge in [-0.1, -0.05) is 222 Å². The molecule has 8 saturated carbocycles. The van der Waals surface area contributed by atoms with Gasteiger partial charge < -0.3 is 158 Å². The van der Waals surface area contributed by atoms with E-state index in [0.717, 1.165) is 0 Å². The summed E-state index contributed by atoms with van der Waals surface area (Å²) in [5, 5.41) is 155. The van der Waals surface area contributed by atoms with Crippen LogP contribution in [-0.2, 0) is 76.5 Å². The standard InChI is InChI=1S/C14H20O8.6C7H10O4.8C5H12/c15-7-11-3-1-4-12(11)8(16)22-14(10(18)20-12)6-2-5-13(14,21-7)9(17)19-11;6*8-4-6(10)2-1-3-7(6,11)5-9;8*1-5(2,3)4/h7-10,15-18H,1-6H2;6*4-5,10-11H,1-3H2;8*1-4H3/t7-,8?,9+,10?,11-,12?,13-,14?;2*6-,7?;4*6-,7-;;;;;;;;/m1110000......../s1. The van der Waals surface area contributed by atoms with Crippen LogP contribution >= 0.6 is 0 Å². The fraction of sp³-hybridized carbons (Fsp3) is 0.875. The zero-order valence-corrected chi connectivity index (χ0v) is 83.9. The highest BCUT2D eigenvalue weighted by molar-refractivity contribution is 5.81. The van der Waals surface area contributed by atoms with Crippen molar-refractivity contribution < 1.29 is 158 Å². The van der Waals surface area contributed by atoms with E-state index < -0.39 is 115 Å². The summed E-state index contributed by atoms with van der Waals surface area (Å²) in [6, 6.07) is 0. The largest absolute Gasteiger partial charge is 0.379 e. The molecule has 10 rings (SSSR count). The third-order valence-electron chi connectivity index (χ3n) is 20.0. The first-order chi connectivity index (χ1) is 56.9. The van der Waals surface area contributed by atoms with E-state index in [2.05, 4.69) is 222 Å². The molecule has 2 aliphatic heterocycles. The van der Waals surface area contributed by atoms with Gasteiger partial charge in [-0.05, 0) is 197 Å². The lowest BCUT2D eigenvalue weighted by molar-refractivity contribution is -0.547. The van der Waals surface area contributed by atoms with E-state index in [4.69, 9.17) is 18.9 Å². The highest BCUT2D eigenvalue weighted by Gasteiger charge is 2.83. The second kappa shape index (κ2) is 49.1. The zero-order valence-electron chi connectivity index (χ0n) is 83.9. The Labute approximate surface area is 764 Å². The number of ether oxygens (including phenoxy) is 4. The van der Waals surface area contributed by atoms with Crippen molar-refractivity contribution in [3.63, 3.8) is 0 Å². The van der Waals surface area contributed by atoms with Gasteiger partial charge in [0.25, 0.3) is 0 Å². The van der Waals surface area contributed by atoms with Crippen LogP contribution in [0.2, 0.25) is 0 Å². The Hall–Kier alpha value is -4.76. The van der Waals surface area contributed by atoms with Gasteiger partial charge in [-0.25, -0.2) is 0 Å². The molecule has 2 heterocycles. The summed E-state index contributed by atoms with van der Waals surface area (Å²) < 4.78 is 23.4. The van der Waals surface area contributed by atoms with E-state index in [0.29, 0.717) is 120 Å². The summed E-state index contributed by atoms with van der Waals surface area (Å²) in [5.41, 5.74) is -24.0. The van der Waals surface area contributed by atoms with Gasteiger partial charge in [0, 0.05) is 0 Å². The summed E-state index contributed by atoms with van der Waals surface area (Å²) >= 11 is 0. The second-order valence-electron chi connectivity index (χ2n) is 48.8. The van der Waals surface area contributed by atoms with Crippen molar-refractivity contribution in [2.24, 2.45) is 43.3 Å². The highest BCUT2D eigenvalue weighted by atomic mass is 16.8. The molecule has 0 bridgehead atoms. The molecule has 0 aromatic rings. The molecule has 752 valence electrons. The van der Waals surface area contributed by atoms with Gasteiger partial charge in [0.1, 0.15) is 0 Å². The Bertz CT molecular complexity index is 2700. The van der Waals surface area contributed by atoms with Gasteiger partial charge in [0.05, 0.1) is 0 Å². The molecule has 128 heavy (non-hydrogen) atoms. The summed E-state index contributed by atoms with van der Waals surface area (Å²) in [6.07, 6.45) is 4.85. The normalized spacial score (nSPS) is 37.7. The Balaban J connectivity index is -0.000000663. The number of hydrogen-bond donors (Lipinski definition) is 16. The number of rotatable bonds is 12.